The van der Waals surface area contributed by atoms with Crippen LogP contribution in [0.2, 0.25) is 0 Å². The van der Waals surface area contributed by atoms with E-state index < -0.39 is 29.8 Å². The van der Waals surface area contributed by atoms with Crippen LogP contribution >= 0.6 is 0 Å². The van der Waals surface area contributed by atoms with Crippen molar-refractivity contribution in [2.24, 2.45) is 0 Å². The van der Waals surface area contributed by atoms with Gasteiger partial charge < -0.3 is 23.8 Å². The summed E-state index contributed by atoms with van der Waals surface area (Å²) in [5.41, 5.74) is 6.49. The van der Waals surface area contributed by atoms with Gasteiger partial charge in [0, 0.05) is 53.2 Å². The number of anilines is 1. The van der Waals surface area contributed by atoms with Crippen LogP contribution in [-0.2, 0) is 54.4 Å². The molecule has 6 aromatic rings. The third-order valence-corrected chi connectivity index (χ3v) is 16.4. The molecule has 71 heavy (non-hydrogen) atoms. The zero-order chi connectivity index (χ0) is 50.9. The van der Waals surface area contributed by atoms with E-state index in [2.05, 4.69) is 9.48 Å². The van der Waals surface area contributed by atoms with Crippen LogP contribution in [0.3, 0.4) is 0 Å². The molecule has 0 fully saturated rings. The van der Waals surface area contributed by atoms with E-state index in [0.717, 1.165) is 22.5 Å². The highest BCUT2D eigenvalue weighted by Gasteiger charge is 2.25. The lowest BCUT2D eigenvalue weighted by atomic mass is 9.90. The zero-order valence-electron chi connectivity index (χ0n) is 40.4. The Bertz CT molecular complexity index is 3380. The van der Waals surface area contributed by atoms with Crippen molar-refractivity contribution in [1.29, 1.82) is 0 Å². The molecule has 1 aliphatic carbocycles. The van der Waals surface area contributed by atoms with E-state index in [9.17, 15) is 29.8 Å². The highest BCUT2D eigenvalue weighted by Crippen LogP contribution is 2.36. The highest BCUT2D eigenvalue weighted by molar-refractivity contribution is 7.91. The Kier molecular flexibility index (Phi) is 16.4. The van der Waals surface area contributed by atoms with Gasteiger partial charge in [0.15, 0.2) is 31.9 Å². The van der Waals surface area contributed by atoms with Gasteiger partial charge in [0.05, 0.1) is 49.7 Å². The summed E-state index contributed by atoms with van der Waals surface area (Å²) in [5.74, 6) is 1.39. The Hall–Kier alpha value is -6.98. The van der Waals surface area contributed by atoms with Crippen molar-refractivity contribution in [2.45, 2.75) is 53.1 Å². The lowest BCUT2D eigenvalue weighted by Gasteiger charge is -2.24. The van der Waals surface area contributed by atoms with Crippen molar-refractivity contribution >= 4 is 46.8 Å². The van der Waals surface area contributed by atoms with E-state index >= 15 is 0 Å². The summed E-state index contributed by atoms with van der Waals surface area (Å²) in [6.07, 6.45) is 7.65. The zero-order valence-corrected chi connectivity index (χ0v) is 42.9. The summed E-state index contributed by atoms with van der Waals surface area (Å²) >= 11 is 0. The van der Waals surface area contributed by atoms with Gasteiger partial charge in [-0.05, 0) is 127 Å². The molecule has 0 bridgehead atoms. The van der Waals surface area contributed by atoms with Gasteiger partial charge in [-0.25, -0.2) is 21.4 Å². The molecule has 7 rings (SSSR count). The average Bonchev–Trinajstić information content (AvgIpc) is 3.37. The number of nitrogens with zero attached hydrogens (tertiary/aromatic N) is 2. The van der Waals surface area contributed by atoms with Crippen LogP contribution in [0.15, 0.2) is 178 Å². The van der Waals surface area contributed by atoms with Gasteiger partial charge in [-0.15, -0.1) is 0 Å². The molecule has 370 valence electrons. The molecule has 1 aliphatic rings. The number of ether oxygens (including phenoxy) is 4. The molecule has 0 unspecified atom stereocenters. The highest BCUT2D eigenvalue weighted by atomic mass is 32.2. The maximum atomic E-state index is 13.7. The Labute approximate surface area is 417 Å². The number of hydrogen-bond acceptors (Lipinski definition) is 11. The molecule has 0 heterocycles. The van der Waals surface area contributed by atoms with Gasteiger partial charge >= 0.3 is 0 Å². The van der Waals surface area contributed by atoms with Crippen molar-refractivity contribution in [1.82, 2.24) is 0 Å². The molecular weight excluding hydrogens is 961 g/mol. The van der Waals surface area contributed by atoms with Crippen LogP contribution in [0.5, 0.6) is 23.0 Å². The maximum Gasteiger partial charge on any atom is 0.295 e. The number of allylic oxidation sites excluding steroid dienone is 5. The van der Waals surface area contributed by atoms with E-state index in [1.807, 2.05) is 74.5 Å². The van der Waals surface area contributed by atoms with Gasteiger partial charge in [0.25, 0.3) is 10.1 Å². The van der Waals surface area contributed by atoms with Crippen LogP contribution in [0, 0.1) is 0 Å². The van der Waals surface area contributed by atoms with Gasteiger partial charge in [-0.2, -0.15) is 8.42 Å². The van der Waals surface area contributed by atoms with Gasteiger partial charge in [0.2, 0.25) is 0 Å². The van der Waals surface area contributed by atoms with Crippen molar-refractivity contribution in [2.75, 3.05) is 46.4 Å². The lowest BCUT2D eigenvalue weighted by molar-refractivity contribution is -0.539. The fourth-order valence-corrected chi connectivity index (χ4v) is 12.0. The van der Waals surface area contributed by atoms with Crippen LogP contribution < -0.4 is 23.8 Å². The fourth-order valence-electron chi connectivity index (χ4n) is 8.51. The predicted octanol–water partition coefficient (Wildman–Crippen LogP) is 9.54. The second kappa shape index (κ2) is 22.4. The van der Waals surface area contributed by atoms with Crippen molar-refractivity contribution in [3.8, 4) is 23.0 Å². The molecule has 0 saturated carbocycles. The van der Waals surface area contributed by atoms with Crippen LogP contribution in [0.1, 0.15) is 47.2 Å². The van der Waals surface area contributed by atoms with E-state index in [-0.39, 0.29) is 26.2 Å². The first-order valence-electron chi connectivity index (χ1n) is 22.7. The number of methoxy groups -OCH3 is 4. The second-order valence-electron chi connectivity index (χ2n) is 16.6. The number of hydrogen-bond donors (Lipinski definition) is 1. The molecular formula is C55H57N2O11S3+. The first kappa shape index (κ1) is 51.9. The molecule has 0 saturated heterocycles. The Morgan fingerprint density at radius 3 is 1.62 bits per heavy atom. The third-order valence-electron chi connectivity index (χ3n) is 12.2. The summed E-state index contributed by atoms with van der Waals surface area (Å²) in [6.45, 7) is 5.99. The standard InChI is InChI=1S/C55H56N2O11S3/c1-7-56(35-39-13-11-15-49(31-39)69(58,59)37-43-33-47(65-3)27-29-52(43)67-5)45-23-19-41(20-24-45)55(51-17-9-10-18-54(51)71(62,63)64)42-21-25-46(26-22-42)57(8-2)36-40-14-12-16-50(32-40)70(60,61)38-44-34-48(66-4)28-30-53(44)68-6/h9-34H,7-8,35-38H2,1-6H3/p+1. The SMILES string of the molecule is CCN(Cc1cccc(S(=O)(=O)Cc2cc(OC)ccc2OC)c1)c1ccc(C(=C2C=CC(=[N+](CC)Cc3cccc(S(=O)(=O)Cc4cc(OC)ccc4OC)c3)C=C2)c2ccccc2S(=O)(=O)O)cc1. The molecule has 1 N–H and O–H groups in total. The topological polar surface area (TPSA) is 166 Å². The molecule has 13 nitrogen and oxygen atoms in total. The number of sulfone groups is 2. The van der Waals surface area contributed by atoms with E-state index in [4.69, 9.17) is 18.9 Å². The lowest BCUT2D eigenvalue weighted by Crippen LogP contribution is -2.22. The minimum Gasteiger partial charge on any atom is -0.497 e. The first-order chi connectivity index (χ1) is 34.0. The monoisotopic (exact) mass is 1020 g/mol. The largest absolute Gasteiger partial charge is 0.497 e. The molecule has 0 aromatic heterocycles. The summed E-state index contributed by atoms with van der Waals surface area (Å²) in [7, 11) is -6.16. The fraction of sp³-hybridized carbons (Fsp3) is 0.218. The van der Waals surface area contributed by atoms with Crippen molar-refractivity contribution in [3.63, 3.8) is 0 Å². The summed E-state index contributed by atoms with van der Waals surface area (Å²) < 4.78 is 115. The Morgan fingerprint density at radius 2 is 1.11 bits per heavy atom. The van der Waals surface area contributed by atoms with E-state index in [0.29, 0.717) is 82.6 Å². The summed E-state index contributed by atoms with van der Waals surface area (Å²) in [4.78, 5) is 2.22. The molecule has 0 radical (unpaired) electrons. The normalized spacial score (nSPS) is 12.7. The maximum absolute atomic E-state index is 13.7. The summed E-state index contributed by atoms with van der Waals surface area (Å²) in [5, 5.41) is 0. The van der Waals surface area contributed by atoms with Crippen molar-refractivity contribution < 1.29 is 53.3 Å². The minimum atomic E-state index is -4.64. The third kappa shape index (κ3) is 12.3. The van der Waals surface area contributed by atoms with Crippen molar-refractivity contribution in [3.05, 3.63) is 197 Å². The quantitative estimate of drug-likeness (QED) is 0.0570. The Morgan fingerprint density at radius 1 is 0.577 bits per heavy atom. The first-order valence-corrected chi connectivity index (χ1v) is 27.4. The van der Waals surface area contributed by atoms with Gasteiger partial charge in [-0.1, -0.05) is 54.6 Å². The van der Waals surface area contributed by atoms with Gasteiger partial charge in [0.1, 0.15) is 34.4 Å². The average molecular weight is 1020 g/mol. The molecule has 0 amide bonds. The Balaban J connectivity index is 1.16. The molecule has 0 atom stereocenters. The predicted molar refractivity (Wildman–Crippen MR) is 277 cm³/mol. The summed E-state index contributed by atoms with van der Waals surface area (Å²) in [6, 6.07) is 37.8. The van der Waals surface area contributed by atoms with Crippen LogP contribution in [0.4, 0.5) is 5.69 Å². The molecule has 6 aromatic carbocycles. The minimum absolute atomic E-state index is 0.180. The van der Waals surface area contributed by atoms with Gasteiger partial charge in [-0.3, -0.25) is 4.55 Å². The van der Waals surface area contributed by atoms with E-state index in [1.54, 1.807) is 91.0 Å². The van der Waals surface area contributed by atoms with Crippen LogP contribution in [0.25, 0.3) is 5.57 Å². The van der Waals surface area contributed by atoms with E-state index in [1.165, 1.54) is 34.5 Å². The number of rotatable bonds is 20. The van der Waals surface area contributed by atoms with Crippen LogP contribution in [-0.4, -0.2) is 81.6 Å². The molecule has 0 spiro atoms. The molecule has 16 heteroatoms. The second-order valence-corrected chi connectivity index (χ2v) is 22.0. The smallest absolute Gasteiger partial charge is 0.295 e. The number of benzene rings is 6. The molecule has 0 aliphatic heterocycles.